The zero-order valence-corrected chi connectivity index (χ0v) is 20.0. The number of amides is 1. The van der Waals surface area contributed by atoms with Crippen LogP contribution in [0.4, 0.5) is 5.95 Å². The van der Waals surface area contributed by atoms with Crippen LogP contribution < -0.4 is 10.6 Å². The van der Waals surface area contributed by atoms with E-state index in [9.17, 15) is 15.0 Å². The van der Waals surface area contributed by atoms with Crippen molar-refractivity contribution in [2.45, 2.75) is 45.7 Å². The number of nitrogens with one attached hydrogen (secondary N) is 2. The maximum atomic E-state index is 12.7. The third-order valence-electron chi connectivity index (χ3n) is 6.10. The summed E-state index contributed by atoms with van der Waals surface area (Å²) < 4.78 is 0. The molecule has 1 aromatic heterocycles. The van der Waals surface area contributed by atoms with Gasteiger partial charge in [-0.3, -0.25) is 4.79 Å². The number of nitrogens with zero attached hydrogens (tertiary/aromatic N) is 2. The summed E-state index contributed by atoms with van der Waals surface area (Å²) in [4.78, 5) is 21.9. The van der Waals surface area contributed by atoms with Crippen LogP contribution in [0.25, 0.3) is 33.2 Å². The number of benzene rings is 3. The molecule has 1 saturated carbocycles. The molecule has 7 nitrogen and oxygen atoms in total. The van der Waals surface area contributed by atoms with Crippen molar-refractivity contribution < 1.29 is 15.0 Å². The molecule has 3 aromatic carbocycles. The summed E-state index contributed by atoms with van der Waals surface area (Å²) in [5, 5.41) is 28.7. The van der Waals surface area contributed by atoms with Gasteiger partial charge in [0.15, 0.2) is 0 Å². The SMILES string of the molecule is Cc1ccc(C(=O)NC2CC2)cc1-c1cc2cnc(NC(C)C)nc2c(-c2cccc(O)c2)c1O. The molecule has 35 heavy (non-hydrogen) atoms. The summed E-state index contributed by atoms with van der Waals surface area (Å²) in [5.41, 5.74) is 4.47. The maximum absolute atomic E-state index is 12.7. The van der Waals surface area contributed by atoms with E-state index in [0.29, 0.717) is 33.7 Å². The number of hydrogen-bond donors (Lipinski definition) is 4. The van der Waals surface area contributed by atoms with E-state index in [2.05, 4.69) is 15.6 Å². The van der Waals surface area contributed by atoms with Gasteiger partial charge in [-0.25, -0.2) is 9.97 Å². The molecule has 4 aromatic rings. The maximum Gasteiger partial charge on any atom is 0.251 e. The minimum atomic E-state index is -0.116. The van der Waals surface area contributed by atoms with Gasteiger partial charge in [-0.1, -0.05) is 18.2 Å². The van der Waals surface area contributed by atoms with Gasteiger partial charge in [-0.2, -0.15) is 0 Å². The first-order valence-corrected chi connectivity index (χ1v) is 11.8. The number of fused-ring (bicyclic) bond motifs is 1. The summed E-state index contributed by atoms with van der Waals surface area (Å²) in [6.45, 7) is 5.94. The third-order valence-corrected chi connectivity index (χ3v) is 6.10. The van der Waals surface area contributed by atoms with Crippen LogP contribution >= 0.6 is 0 Å². The molecule has 7 heteroatoms. The highest BCUT2D eigenvalue weighted by Gasteiger charge is 2.25. The van der Waals surface area contributed by atoms with Crippen molar-refractivity contribution in [2.24, 2.45) is 0 Å². The Morgan fingerprint density at radius 2 is 1.86 bits per heavy atom. The van der Waals surface area contributed by atoms with Crippen molar-refractivity contribution in [3.05, 3.63) is 65.9 Å². The van der Waals surface area contributed by atoms with Gasteiger partial charge in [0.1, 0.15) is 11.5 Å². The van der Waals surface area contributed by atoms with Gasteiger partial charge in [0.25, 0.3) is 5.91 Å². The summed E-state index contributed by atoms with van der Waals surface area (Å²) in [6, 6.07) is 14.5. The Bertz CT molecular complexity index is 1440. The minimum Gasteiger partial charge on any atom is -0.508 e. The molecule has 0 radical (unpaired) electrons. The number of aryl methyl sites for hydroxylation is 1. The lowest BCUT2D eigenvalue weighted by Crippen LogP contribution is -2.25. The number of carbonyl (C=O) groups is 1. The summed E-state index contributed by atoms with van der Waals surface area (Å²) in [6.07, 6.45) is 3.75. The molecule has 1 aliphatic carbocycles. The van der Waals surface area contributed by atoms with E-state index < -0.39 is 0 Å². The first-order valence-electron chi connectivity index (χ1n) is 11.8. The summed E-state index contributed by atoms with van der Waals surface area (Å²) in [5.74, 6) is 0.455. The molecule has 178 valence electrons. The van der Waals surface area contributed by atoms with Crippen LogP contribution in [0.15, 0.2) is 54.7 Å². The van der Waals surface area contributed by atoms with E-state index >= 15 is 0 Å². The standard InChI is InChI=1S/C28H28N4O3/c1-15(2)30-28-29-14-19-13-23(22-12-18(8-7-16(22)3)27(35)31-20-9-10-20)26(34)24(25(19)32-28)17-5-4-6-21(33)11-17/h4-8,11-15,20,33-34H,9-10H2,1-3H3,(H,31,35)(H,29,30,32). The molecule has 5 rings (SSSR count). The van der Waals surface area contributed by atoms with Crippen LogP contribution in [0.2, 0.25) is 0 Å². The van der Waals surface area contributed by atoms with Gasteiger partial charge in [0.2, 0.25) is 5.95 Å². The first-order chi connectivity index (χ1) is 16.8. The van der Waals surface area contributed by atoms with Crippen molar-refractivity contribution in [3.63, 3.8) is 0 Å². The fraction of sp³-hybridized carbons (Fsp3) is 0.250. The van der Waals surface area contributed by atoms with E-state index in [4.69, 9.17) is 4.98 Å². The molecule has 1 aliphatic rings. The monoisotopic (exact) mass is 468 g/mol. The van der Waals surface area contributed by atoms with Crippen LogP contribution in [-0.2, 0) is 0 Å². The lowest BCUT2D eigenvalue weighted by Gasteiger charge is -2.17. The van der Waals surface area contributed by atoms with Crippen LogP contribution in [0.1, 0.15) is 42.6 Å². The van der Waals surface area contributed by atoms with E-state index in [1.165, 1.54) is 0 Å². The average molecular weight is 469 g/mol. The molecule has 0 saturated heterocycles. The van der Waals surface area contributed by atoms with E-state index in [1.54, 1.807) is 30.5 Å². The molecule has 1 fully saturated rings. The molecular formula is C28H28N4O3. The minimum absolute atomic E-state index is 0.0279. The normalized spacial score (nSPS) is 13.3. The highest BCUT2D eigenvalue weighted by atomic mass is 16.3. The Hall–Kier alpha value is -4.13. The largest absolute Gasteiger partial charge is 0.508 e. The van der Waals surface area contributed by atoms with Gasteiger partial charge >= 0.3 is 0 Å². The molecule has 0 spiro atoms. The number of anilines is 1. The van der Waals surface area contributed by atoms with Gasteiger partial charge in [0.05, 0.1) is 11.1 Å². The molecule has 4 N–H and O–H groups in total. The fourth-order valence-corrected chi connectivity index (χ4v) is 4.19. The lowest BCUT2D eigenvalue weighted by atomic mass is 9.91. The van der Waals surface area contributed by atoms with Crippen molar-refractivity contribution in [3.8, 4) is 33.8 Å². The topological polar surface area (TPSA) is 107 Å². The van der Waals surface area contributed by atoms with E-state index in [1.807, 2.05) is 45.0 Å². The number of phenols is 2. The van der Waals surface area contributed by atoms with Crippen molar-refractivity contribution in [1.29, 1.82) is 0 Å². The predicted octanol–water partition coefficient (Wildman–Crippen LogP) is 5.40. The number of aromatic hydroxyl groups is 2. The molecule has 0 unspecified atom stereocenters. The van der Waals surface area contributed by atoms with Crippen LogP contribution in [-0.4, -0.2) is 38.2 Å². The number of phenolic OH excluding ortho intramolecular Hbond substituents is 2. The van der Waals surface area contributed by atoms with Crippen molar-refractivity contribution in [1.82, 2.24) is 15.3 Å². The number of hydrogen-bond acceptors (Lipinski definition) is 6. The van der Waals surface area contributed by atoms with Crippen LogP contribution in [0.3, 0.4) is 0 Å². The fourth-order valence-electron chi connectivity index (χ4n) is 4.19. The van der Waals surface area contributed by atoms with Gasteiger partial charge in [0, 0.05) is 34.8 Å². The second kappa shape index (κ2) is 8.91. The zero-order chi connectivity index (χ0) is 24.7. The Morgan fingerprint density at radius 1 is 1.06 bits per heavy atom. The second-order valence-electron chi connectivity index (χ2n) is 9.41. The Morgan fingerprint density at radius 3 is 2.57 bits per heavy atom. The first kappa shape index (κ1) is 22.7. The third kappa shape index (κ3) is 4.62. The van der Waals surface area contributed by atoms with E-state index in [0.717, 1.165) is 29.4 Å². The Labute approximate surface area is 203 Å². The average Bonchev–Trinajstić information content (AvgIpc) is 3.63. The van der Waals surface area contributed by atoms with Crippen molar-refractivity contribution in [2.75, 3.05) is 5.32 Å². The second-order valence-corrected chi connectivity index (χ2v) is 9.41. The summed E-state index contributed by atoms with van der Waals surface area (Å²) in [7, 11) is 0. The molecule has 0 aliphatic heterocycles. The quantitative estimate of drug-likeness (QED) is 0.302. The number of aromatic nitrogens is 2. The molecular weight excluding hydrogens is 440 g/mol. The highest BCUT2D eigenvalue weighted by molar-refractivity contribution is 6.03. The lowest BCUT2D eigenvalue weighted by molar-refractivity contribution is 0.0951. The Kier molecular flexibility index (Phi) is 5.76. The molecule has 0 bridgehead atoms. The van der Waals surface area contributed by atoms with E-state index in [-0.39, 0.29) is 29.5 Å². The van der Waals surface area contributed by atoms with Gasteiger partial charge < -0.3 is 20.8 Å². The molecule has 1 amide bonds. The Balaban J connectivity index is 1.72. The number of rotatable bonds is 6. The highest BCUT2D eigenvalue weighted by Crippen LogP contribution is 2.44. The molecule has 1 heterocycles. The van der Waals surface area contributed by atoms with Gasteiger partial charge in [-0.15, -0.1) is 0 Å². The van der Waals surface area contributed by atoms with Crippen LogP contribution in [0.5, 0.6) is 11.5 Å². The summed E-state index contributed by atoms with van der Waals surface area (Å²) >= 11 is 0. The number of carbonyl (C=O) groups excluding carboxylic acids is 1. The smallest absolute Gasteiger partial charge is 0.251 e. The van der Waals surface area contributed by atoms with Crippen molar-refractivity contribution >= 4 is 22.8 Å². The molecule has 0 atom stereocenters. The predicted molar refractivity (Wildman–Crippen MR) is 138 cm³/mol. The van der Waals surface area contributed by atoms with Crippen LogP contribution in [0, 0.1) is 6.92 Å². The zero-order valence-electron chi connectivity index (χ0n) is 20.0. The van der Waals surface area contributed by atoms with Gasteiger partial charge in [-0.05, 0) is 80.6 Å².